The third-order valence-corrected chi connectivity index (χ3v) is 4.19. The molecule has 0 radical (unpaired) electrons. The van der Waals surface area contributed by atoms with Crippen molar-refractivity contribution in [1.29, 1.82) is 0 Å². The van der Waals surface area contributed by atoms with Gasteiger partial charge < -0.3 is 16.2 Å². The van der Waals surface area contributed by atoms with Crippen LogP contribution in [0.2, 0.25) is 0 Å². The highest BCUT2D eigenvalue weighted by molar-refractivity contribution is 5.82. The van der Waals surface area contributed by atoms with Crippen LogP contribution in [-0.2, 0) is 0 Å². The zero-order valence-corrected chi connectivity index (χ0v) is 13.7. The van der Waals surface area contributed by atoms with Crippen molar-refractivity contribution in [2.45, 2.75) is 0 Å². The summed E-state index contributed by atoms with van der Waals surface area (Å²) in [6, 6.07) is 15.3. The second-order valence-electron chi connectivity index (χ2n) is 5.70. The third kappa shape index (κ3) is 2.53. The Balaban J connectivity index is 1.82. The van der Waals surface area contributed by atoms with Gasteiger partial charge in [-0.05, 0) is 35.4 Å². The molecular formula is C19H17N5O. The van der Waals surface area contributed by atoms with Gasteiger partial charge in [-0.15, -0.1) is 0 Å². The number of hydrogen-bond acceptors (Lipinski definition) is 5. The van der Waals surface area contributed by atoms with Gasteiger partial charge in [0.15, 0.2) is 5.65 Å². The zero-order valence-electron chi connectivity index (χ0n) is 13.7. The van der Waals surface area contributed by atoms with E-state index in [1.54, 1.807) is 24.0 Å². The number of nitrogens with two attached hydrogens (primary N) is 2. The second kappa shape index (κ2) is 5.83. The molecule has 0 saturated carbocycles. The van der Waals surface area contributed by atoms with Gasteiger partial charge >= 0.3 is 0 Å². The van der Waals surface area contributed by atoms with Gasteiger partial charge in [-0.2, -0.15) is 9.61 Å². The molecule has 25 heavy (non-hydrogen) atoms. The normalized spacial score (nSPS) is 10.9. The Morgan fingerprint density at radius 3 is 2.16 bits per heavy atom. The van der Waals surface area contributed by atoms with Gasteiger partial charge in [-0.1, -0.05) is 24.3 Å². The van der Waals surface area contributed by atoms with Crippen LogP contribution in [0.5, 0.6) is 5.75 Å². The van der Waals surface area contributed by atoms with Gasteiger partial charge in [0.25, 0.3) is 0 Å². The molecule has 0 aliphatic carbocycles. The minimum atomic E-state index is 0.539. The Kier molecular flexibility index (Phi) is 3.50. The highest BCUT2D eigenvalue weighted by atomic mass is 16.5. The minimum absolute atomic E-state index is 0.539. The lowest BCUT2D eigenvalue weighted by atomic mass is 10.1. The molecule has 124 valence electrons. The molecule has 0 fully saturated rings. The fourth-order valence-electron chi connectivity index (χ4n) is 2.81. The highest BCUT2D eigenvalue weighted by Gasteiger charge is 2.13. The summed E-state index contributed by atoms with van der Waals surface area (Å²) >= 11 is 0. The maximum Gasteiger partial charge on any atom is 0.165 e. The average Bonchev–Trinajstić information content (AvgIpc) is 3.08. The molecule has 0 saturated heterocycles. The van der Waals surface area contributed by atoms with E-state index in [0.717, 1.165) is 33.7 Å². The van der Waals surface area contributed by atoms with Gasteiger partial charge in [-0.3, -0.25) is 0 Å². The molecule has 4 N–H and O–H groups in total. The number of fused-ring (bicyclic) bond motifs is 1. The Labute approximate surface area is 144 Å². The van der Waals surface area contributed by atoms with Gasteiger partial charge in [0.1, 0.15) is 11.6 Å². The Bertz CT molecular complexity index is 1040. The van der Waals surface area contributed by atoms with Crippen LogP contribution in [0.3, 0.4) is 0 Å². The van der Waals surface area contributed by atoms with Crippen molar-refractivity contribution in [2.75, 3.05) is 18.6 Å². The van der Waals surface area contributed by atoms with Crippen molar-refractivity contribution in [3.63, 3.8) is 0 Å². The van der Waals surface area contributed by atoms with E-state index >= 15 is 0 Å². The molecule has 4 aromatic rings. The number of rotatable bonds is 3. The quantitative estimate of drug-likeness (QED) is 0.562. The number of nitrogen functional groups attached to an aromatic ring is 2. The lowest BCUT2D eigenvalue weighted by Gasteiger charge is -2.08. The molecular weight excluding hydrogens is 314 g/mol. The van der Waals surface area contributed by atoms with Crippen molar-refractivity contribution < 1.29 is 4.74 Å². The fraction of sp³-hybridized carbons (Fsp3) is 0.0526. The average molecular weight is 331 g/mol. The summed E-state index contributed by atoms with van der Waals surface area (Å²) in [5.74, 6) is 1.33. The van der Waals surface area contributed by atoms with Gasteiger partial charge in [-0.25, -0.2) is 4.98 Å². The largest absolute Gasteiger partial charge is 0.497 e. The first-order valence-electron chi connectivity index (χ1n) is 7.80. The Morgan fingerprint density at radius 2 is 1.48 bits per heavy atom. The molecule has 4 rings (SSSR count). The van der Waals surface area contributed by atoms with E-state index in [-0.39, 0.29) is 0 Å². The van der Waals surface area contributed by atoms with E-state index < -0.39 is 0 Å². The van der Waals surface area contributed by atoms with Crippen molar-refractivity contribution >= 4 is 17.2 Å². The van der Waals surface area contributed by atoms with Crippen LogP contribution in [0.15, 0.2) is 60.9 Å². The number of anilines is 2. The van der Waals surface area contributed by atoms with Crippen LogP contribution in [-0.4, -0.2) is 21.7 Å². The summed E-state index contributed by atoms with van der Waals surface area (Å²) in [5.41, 5.74) is 17.2. The van der Waals surface area contributed by atoms with Crippen LogP contribution in [0.4, 0.5) is 11.5 Å². The second-order valence-corrected chi connectivity index (χ2v) is 5.70. The smallest absolute Gasteiger partial charge is 0.165 e. The van der Waals surface area contributed by atoms with Crippen molar-refractivity contribution in [2.24, 2.45) is 0 Å². The number of benzene rings is 2. The summed E-state index contributed by atoms with van der Waals surface area (Å²) < 4.78 is 6.85. The molecule has 0 unspecified atom stereocenters. The first-order valence-corrected chi connectivity index (χ1v) is 7.80. The van der Waals surface area contributed by atoms with E-state index in [0.29, 0.717) is 11.5 Å². The van der Waals surface area contributed by atoms with Crippen LogP contribution in [0, 0.1) is 0 Å². The van der Waals surface area contributed by atoms with Crippen LogP contribution >= 0.6 is 0 Å². The highest BCUT2D eigenvalue weighted by Crippen LogP contribution is 2.30. The lowest BCUT2D eigenvalue weighted by Crippen LogP contribution is -2.02. The minimum Gasteiger partial charge on any atom is -0.497 e. The number of methoxy groups -OCH3 is 1. The van der Waals surface area contributed by atoms with Gasteiger partial charge in [0.05, 0.1) is 13.3 Å². The molecule has 6 nitrogen and oxygen atoms in total. The Hall–Kier alpha value is -3.54. The summed E-state index contributed by atoms with van der Waals surface area (Å²) in [5, 5.41) is 4.41. The van der Waals surface area contributed by atoms with E-state index in [9.17, 15) is 0 Å². The number of nitrogens with zero attached hydrogens (tertiary/aromatic N) is 3. The number of ether oxygens (including phenoxy) is 1. The molecule has 2 aromatic heterocycles. The van der Waals surface area contributed by atoms with E-state index in [4.69, 9.17) is 16.2 Å². The van der Waals surface area contributed by atoms with Gasteiger partial charge in [0.2, 0.25) is 0 Å². The first-order chi connectivity index (χ1) is 12.2. The van der Waals surface area contributed by atoms with E-state index in [1.807, 2.05) is 48.5 Å². The predicted octanol–water partition coefficient (Wildman–Crippen LogP) is 3.24. The summed E-state index contributed by atoms with van der Waals surface area (Å²) in [6.07, 6.45) is 3.54. The first kappa shape index (κ1) is 15.0. The van der Waals surface area contributed by atoms with E-state index in [2.05, 4.69) is 10.1 Å². The molecule has 0 amide bonds. The SMILES string of the molecule is COc1ccc(-c2cnc3c(-c4ccc(N)cc4)cnn3c2N)cc1. The zero-order chi connectivity index (χ0) is 17.4. The molecule has 0 aliphatic rings. The van der Waals surface area contributed by atoms with Crippen molar-refractivity contribution in [3.8, 4) is 28.0 Å². The van der Waals surface area contributed by atoms with Crippen LogP contribution in [0.1, 0.15) is 0 Å². The predicted molar refractivity (Wildman–Crippen MR) is 99.2 cm³/mol. The molecule has 0 spiro atoms. The Morgan fingerprint density at radius 1 is 0.840 bits per heavy atom. The number of aromatic nitrogens is 3. The van der Waals surface area contributed by atoms with Crippen LogP contribution < -0.4 is 16.2 Å². The molecule has 2 aromatic carbocycles. The lowest BCUT2D eigenvalue weighted by molar-refractivity contribution is 0.415. The topological polar surface area (TPSA) is 91.5 Å². The molecule has 2 heterocycles. The van der Waals surface area contributed by atoms with Crippen LogP contribution in [0.25, 0.3) is 27.9 Å². The number of hydrogen-bond donors (Lipinski definition) is 2. The summed E-state index contributed by atoms with van der Waals surface area (Å²) in [6.45, 7) is 0. The molecule has 0 atom stereocenters. The monoisotopic (exact) mass is 331 g/mol. The summed E-state index contributed by atoms with van der Waals surface area (Å²) in [4.78, 5) is 4.58. The standard InChI is InChI=1S/C19H17N5O/c1-25-15-8-4-12(5-9-15)16-10-22-19-17(11-23-24(19)18(16)21)13-2-6-14(20)7-3-13/h2-11H,20-21H2,1H3. The van der Waals surface area contributed by atoms with E-state index in [1.165, 1.54) is 0 Å². The maximum absolute atomic E-state index is 6.35. The van der Waals surface area contributed by atoms with Gasteiger partial charge in [0, 0.05) is 23.0 Å². The molecule has 0 bridgehead atoms. The summed E-state index contributed by atoms with van der Waals surface area (Å²) in [7, 11) is 1.64. The third-order valence-electron chi connectivity index (χ3n) is 4.19. The molecule has 0 aliphatic heterocycles. The fourth-order valence-corrected chi connectivity index (χ4v) is 2.81. The molecule has 6 heteroatoms. The van der Waals surface area contributed by atoms with Crippen molar-refractivity contribution in [1.82, 2.24) is 14.6 Å². The van der Waals surface area contributed by atoms with Crippen molar-refractivity contribution in [3.05, 3.63) is 60.9 Å². The maximum atomic E-state index is 6.35.